The lowest BCUT2D eigenvalue weighted by Crippen LogP contribution is -2.04. The number of nitrogens with zero attached hydrogens (tertiary/aromatic N) is 2. The third-order valence-electron chi connectivity index (χ3n) is 3.28. The van der Waals surface area contributed by atoms with Crippen molar-refractivity contribution in [1.29, 1.82) is 0 Å². The molecule has 0 aliphatic carbocycles. The van der Waals surface area contributed by atoms with Crippen LogP contribution in [0.4, 0.5) is 0 Å². The smallest absolute Gasteiger partial charge is 0.354 e. The first kappa shape index (κ1) is 16.7. The van der Waals surface area contributed by atoms with Gasteiger partial charge in [0.05, 0.1) is 5.69 Å². The molecule has 3 rings (SSSR count). The van der Waals surface area contributed by atoms with Crippen molar-refractivity contribution in [3.05, 3.63) is 76.4 Å². The maximum atomic E-state index is 11.4. The molecule has 0 saturated carbocycles. The molecule has 0 saturated heterocycles. The molecular weight excluding hydrogens is 388 g/mol. The molecule has 24 heavy (non-hydrogen) atoms. The fraction of sp³-hybridized carbons (Fsp3) is 0.0556. The molecule has 6 heteroatoms. The molecule has 0 aliphatic rings. The summed E-state index contributed by atoms with van der Waals surface area (Å²) in [6.45, 7) is 0. The summed E-state index contributed by atoms with van der Waals surface area (Å²) in [5.74, 6) is -0.374. The van der Waals surface area contributed by atoms with Crippen LogP contribution in [-0.2, 0) is 5.75 Å². The van der Waals surface area contributed by atoms with Gasteiger partial charge in [0.25, 0.3) is 0 Å². The SMILES string of the molecule is O=C(O)c1cc(-c2ccc(Br)cc2)nc(SCc2ccccc2)n1. The van der Waals surface area contributed by atoms with Gasteiger partial charge in [0.1, 0.15) is 0 Å². The molecular formula is C18H13BrN2O2S. The zero-order valence-corrected chi connectivity index (χ0v) is 14.9. The van der Waals surface area contributed by atoms with Crippen molar-refractivity contribution in [3.63, 3.8) is 0 Å². The van der Waals surface area contributed by atoms with E-state index in [1.807, 2.05) is 54.6 Å². The number of carboxylic acids is 1. The van der Waals surface area contributed by atoms with Crippen molar-refractivity contribution in [2.45, 2.75) is 10.9 Å². The maximum absolute atomic E-state index is 11.4. The highest BCUT2D eigenvalue weighted by molar-refractivity contribution is 9.10. The molecule has 1 N–H and O–H groups in total. The monoisotopic (exact) mass is 400 g/mol. The van der Waals surface area contributed by atoms with E-state index in [1.165, 1.54) is 17.8 Å². The second-order valence-corrected chi connectivity index (χ2v) is 6.87. The van der Waals surface area contributed by atoms with E-state index in [1.54, 1.807) is 0 Å². The zero-order chi connectivity index (χ0) is 16.9. The number of benzene rings is 2. The van der Waals surface area contributed by atoms with Crippen LogP contribution in [-0.4, -0.2) is 21.0 Å². The Balaban J connectivity index is 1.91. The average molecular weight is 401 g/mol. The third kappa shape index (κ3) is 4.21. The second kappa shape index (κ2) is 7.59. The molecule has 0 fully saturated rings. The first-order valence-corrected chi connectivity index (χ1v) is 8.95. The Labute approximate surface area is 152 Å². The summed E-state index contributed by atoms with van der Waals surface area (Å²) in [4.78, 5) is 20.0. The number of carboxylic acid groups (broad SMARTS) is 1. The van der Waals surface area contributed by atoms with Crippen LogP contribution in [0.2, 0.25) is 0 Å². The maximum Gasteiger partial charge on any atom is 0.354 e. The number of thioether (sulfide) groups is 1. The summed E-state index contributed by atoms with van der Waals surface area (Å²) in [6, 6.07) is 19.0. The van der Waals surface area contributed by atoms with E-state index in [-0.39, 0.29) is 5.69 Å². The molecule has 3 aromatic rings. The first-order chi connectivity index (χ1) is 11.6. The van der Waals surface area contributed by atoms with Gasteiger partial charge in [-0.2, -0.15) is 0 Å². The standard InChI is InChI=1S/C18H13BrN2O2S/c19-14-8-6-13(7-9-14)15-10-16(17(22)23)21-18(20-15)24-11-12-4-2-1-3-5-12/h1-10H,11H2,(H,22,23). The van der Waals surface area contributed by atoms with Gasteiger partial charge < -0.3 is 5.11 Å². The number of hydrogen-bond acceptors (Lipinski definition) is 4. The minimum atomic E-state index is -1.06. The molecule has 0 bridgehead atoms. The van der Waals surface area contributed by atoms with Crippen LogP contribution < -0.4 is 0 Å². The van der Waals surface area contributed by atoms with Crippen molar-refractivity contribution < 1.29 is 9.90 Å². The number of aromatic carboxylic acids is 1. The minimum absolute atomic E-state index is 0.00141. The van der Waals surface area contributed by atoms with Gasteiger partial charge in [0.2, 0.25) is 0 Å². The Kier molecular flexibility index (Phi) is 5.27. The molecule has 0 amide bonds. The number of hydrogen-bond donors (Lipinski definition) is 1. The van der Waals surface area contributed by atoms with E-state index in [9.17, 15) is 9.90 Å². The molecule has 0 spiro atoms. The summed E-state index contributed by atoms with van der Waals surface area (Å²) < 4.78 is 0.956. The van der Waals surface area contributed by atoms with E-state index in [2.05, 4.69) is 25.9 Å². The van der Waals surface area contributed by atoms with Gasteiger partial charge >= 0.3 is 5.97 Å². The average Bonchev–Trinajstić information content (AvgIpc) is 2.61. The lowest BCUT2D eigenvalue weighted by Gasteiger charge is -2.06. The van der Waals surface area contributed by atoms with Crippen LogP contribution in [0.15, 0.2) is 70.3 Å². The van der Waals surface area contributed by atoms with Crippen LogP contribution in [0.5, 0.6) is 0 Å². The largest absolute Gasteiger partial charge is 0.477 e. The normalized spacial score (nSPS) is 10.5. The van der Waals surface area contributed by atoms with Crippen molar-refractivity contribution in [2.75, 3.05) is 0 Å². The number of carbonyl (C=O) groups is 1. The van der Waals surface area contributed by atoms with Crippen molar-refractivity contribution in [2.24, 2.45) is 0 Å². The van der Waals surface area contributed by atoms with E-state index in [0.717, 1.165) is 15.6 Å². The van der Waals surface area contributed by atoms with Crippen LogP contribution in [0, 0.1) is 0 Å². The molecule has 4 nitrogen and oxygen atoms in total. The highest BCUT2D eigenvalue weighted by atomic mass is 79.9. The number of halogens is 1. The molecule has 0 aliphatic heterocycles. The van der Waals surface area contributed by atoms with Crippen molar-refractivity contribution >= 4 is 33.7 Å². The Bertz CT molecular complexity index is 855. The van der Waals surface area contributed by atoms with Gasteiger partial charge in [-0.3, -0.25) is 0 Å². The Morgan fingerprint density at radius 3 is 2.42 bits per heavy atom. The van der Waals surface area contributed by atoms with Crippen LogP contribution >= 0.6 is 27.7 Å². The van der Waals surface area contributed by atoms with Crippen molar-refractivity contribution in [3.8, 4) is 11.3 Å². The number of aromatic nitrogens is 2. The predicted molar refractivity (Wildman–Crippen MR) is 98.1 cm³/mol. The molecule has 2 aromatic carbocycles. The predicted octanol–water partition coefficient (Wildman–Crippen LogP) is 4.90. The summed E-state index contributed by atoms with van der Waals surface area (Å²) in [7, 11) is 0. The zero-order valence-electron chi connectivity index (χ0n) is 12.5. The van der Waals surface area contributed by atoms with Crippen molar-refractivity contribution in [1.82, 2.24) is 9.97 Å². The van der Waals surface area contributed by atoms with Gasteiger partial charge in [0.15, 0.2) is 10.9 Å². The highest BCUT2D eigenvalue weighted by Gasteiger charge is 2.12. The van der Waals surface area contributed by atoms with Gasteiger partial charge in [-0.25, -0.2) is 14.8 Å². The molecule has 0 atom stereocenters. The topological polar surface area (TPSA) is 63.1 Å². The Hall–Kier alpha value is -2.18. The van der Waals surface area contributed by atoms with E-state index < -0.39 is 5.97 Å². The Morgan fingerprint density at radius 1 is 1.04 bits per heavy atom. The molecule has 120 valence electrons. The lowest BCUT2D eigenvalue weighted by molar-refractivity contribution is 0.0689. The van der Waals surface area contributed by atoms with Gasteiger partial charge in [0, 0.05) is 15.8 Å². The fourth-order valence-corrected chi connectivity index (χ4v) is 3.17. The quantitative estimate of drug-likeness (QED) is 0.487. The van der Waals surface area contributed by atoms with Gasteiger partial charge in [-0.1, -0.05) is 70.2 Å². The van der Waals surface area contributed by atoms with E-state index in [0.29, 0.717) is 16.6 Å². The second-order valence-electron chi connectivity index (χ2n) is 5.01. The summed E-state index contributed by atoms with van der Waals surface area (Å²) in [5, 5.41) is 9.76. The van der Waals surface area contributed by atoms with Crippen LogP contribution in [0.1, 0.15) is 16.1 Å². The van der Waals surface area contributed by atoms with Crippen LogP contribution in [0.25, 0.3) is 11.3 Å². The molecule has 1 heterocycles. The van der Waals surface area contributed by atoms with E-state index >= 15 is 0 Å². The fourth-order valence-electron chi connectivity index (χ4n) is 2.09. The molecule has 0 unspecified atom stereocenters. The highest BCUT2D eigenvalue weighted by Crippen LogP contribution is 2.25. The summed E-state index contributed by atoms with van der Waals surface area (Å²) >= 11 is 4.81. The minimum Gasteiger partial charge on any atom is -0.477 e. The Morgan fingerprint density at radius 2 is 1.75 bits per heavy atom. The molecule has 0 radical (unpaired) electrons. The number of rotatable bonds is 5. The summed E-state index contributed by atoms with van der Waals surface area (Å²) in [5.41, 5.74) is 2.59. The van der Waals surface area contributed by atoms with Crippen LogP contribution in [0.3, 0.4) is 0 Å². The van der Waals surface area contributed by atoms with Gasteiger partial charge in [-0.15, -0.1) is 0 Å². The lowest BCUT2D eigenvalue weighted by atomic mass is 10.1. The third-order valence-corrected chi connectivity index (χ3v) is 4.72. The first-order valence-electron chi connectivity index (χ1n) is 7.17. The molecule has 1 aromatic heterocycles. The summed E-state index contributed by atoms with van der Waals surface area (Å²) in [6.07, 6.45) is 0. The van der Waals surface area contributed by atoms with Gasteiger partial charge in [-0.05, 0) is 23.8 Å². The van der Waals surface area contributed by atoms with E-state index in [4.69, 9.17) is 0 Å².